The van der Waals surface area contributed by atoms with Crippen LogP contribution < -0.4 is 4.74 Å². The Hall–Kier alpha value is -3.73. The molecule has 0 bridgehead atoms. The second-order valence-corrected chi connectivity index (χ2v) is 7.25. The quantitative estimate of drug-likeness (QED) is 0.379. The van der Waals surface area contributed by atoms with Crippen LogP contribution in [-0.4, -0.2) is 24.3 Å². The number of rotatable bonds is 7. The van der Waals surface area contributed by atoms with Crippen LogP contribution >= 0.6 is 0 Å². The van der Waals surface area contributed by atoms with Gasteiger partial charge in [0.2, 0.25) is 5.76 Å². The second kappa shape index (κ2) is 8.96. The van der Waals surface area contributed by atoms with E-state index in [4.69, 9.17) is 13.9 Å². The molecule has 0 aliphatic rings. The van der Waals surface area contributed by atoms with Crippen LogP contribution in [0.2, 0.25) is 0 Å². The van der Waals surface area contributed by atoms with Crippen molar-refractivity contribution < 1.29 is 23.8 Å². The van der Waals surface area contributed by atoms with E-state index in [0.29, 0.717) is 23.1 Å². The first kappa shape index (κ1) is 20.5. The Morgan fingerprint density at radius 1 is 1.00 bits per heavy atom. The van der Waals surface area contributed by atoms with E-state index in [0.717, 1.165) is 23.3 Å². The normalized spacial score (nSPS) is 10.9. The molecule has 1 heterocycles. The summed E-state index contributed by atoms with van der Waals surface area (Å²) in [5, 5.41) is 11.1. The van der Waals surface area contributed by atoms with E-state index in [1.807, 2.05) is 48.5 Å². The summed E-state index contributed by atoms with van der Waals surface area (Å²) in [5.41, 5.74) is 3.93. The molecule has 0 saturated heterocycles. The standard InChI is InChI=1S/C26H24O5/c1-3-29-26(28)25-17(2)24-22(27)15-20(16-23(24)31-25)19-9-11-21(12-10-19)30-14-13-18-7-5-4-6-8-18/h4-12,15-16,27H,3,13-14H2,1-2H3. The Bertz CT molecular complexity index is 1190. The Kier molecular flexibility index (Phi) is 5.94. The molecule has 158 valence electrons. The van der Waals surface area contributed by atoms with Crippen molar-refractivity contribution in [3.05, 3.63) is 83.6 Å². The van der Waals surface area contributed by atoms with Crippen molar-refractivity contribution in [2.24, 2.45) is 0 Å². The molecule has 0 amide bonds. The maximum absolute atomic E-state index is 12.1. The molecule has 4 aromatic rings. The predicted octanol–water partition coefficient (Wildman–Crippen LogP) is 5.91. The summed E-state index contributed by atoms with van der Waals surface area (Å²) < 4.78 is 16.6. The SMILES string of the molecule is CCOC(=O)c1oc2cc(-c3ccc(OCCc4ccccc4)cc3)cc(O)c2c1C. The van der Waals surface area contributed by atoms with E-state index in [1.165, 1.54) is 5.56 Å². The number of phenolic OH excluding ortho intramolecular Hbond substituents is 1. The Labute approximate surface area is 180 Å². The zero-order chi connectivity index (χ0) is 21.8. The molecule has 5 nitrogen and oxygen atoms in total. The summed E-state index contributed by atoms with van der Waals surface area (Å²) in [6.07, 6.45) is 0.841. The van der Waals surface area contributed by atoms with Gasteiger partial charge in [-0.25, -0.2) is 4.79 Å². The lowest BCUT2D eigenvalue weighted by Crippen LogP contribution is -2.04. The van der Waals surface area contributed by atoms with Crippen molar-refractivity contribution in [3.8, 4) is 22.6 Å². The molecule has 0 spiro atoms. The van der Waals surface area contributed by atoms with Crippen molar-refractivity contribution >= 4 is 16.9 Å². The Balaban J connectivity index is 1.52. The van der Waals surface area contributed by atoms with Crippen LogP contribution in [-0.2, 0) is 11.2 Å². The Morgan fingerprint density at radius 2 is 1.74 bits per heavy atom. The maximum atomic E-state index is 12.1. The maximum Gasteiger partial charge on any atom is 0.374 e. The van der Waals surface area contributed by atoms with Crippen LogP contribution in [0.3, 0.4) is 0 Å². The van der Waals surface area contributed by atoms with Gasteiger partial charge in [0.25, 0.3) is 0 Å². The number of aromatic hydroxyl groups is 1. The van der Waals surface area contributed by atoms with Gasteiger partial charge in [-0.1, -0.05) is 42.5 Å². The van der Waals surface area contributed by atoms with Crippen molar-refractivity contribution in [2.45, 2.75) is 20.3 Å². The van der Waals surface area contributed by atoms with Gasteiger partial charge >= 0.3 is 5.97 Å². The van der Waals surface area contributed by atoms with Gasteiger partial charge in [-0.2, -0.15) is 0 Å². The molecule has 0 radical (unpaired) electrons. The van der Waals surface area contributed by atoms with Crippen molar-refractivity contribution in [1.29, 1.82) is 0 Å². The van der Waals surface area contributed by atoms with Gasteiger partial charge in [0, 0.05) is 12.0 Å². The minimum Gasteiger partial charge on any atom is -0.507 e. The fourth-order valence-electron chi connectivity index (χ4n) is 3.59. The van der Waals surface area contributed by atoms with Gasteiger partial charge in [-0.15, -0.1) is 0 Å². The molecule has 1 N–H and O–H groups in total. The Morgan fingerprint density at radius 3 is 2.45 bits per heavy atom. The zero-order valence-corrected chi connectivity index (χ0v) is 17.6. The molecule has 0 aliphatic heterocycles. The van der Waals surface area contributed by atoms with Gasteiger partial charge in [0.05, 0.1) is 18.6 Å². The number of carbonyl (C=O) groups is 1. The summed E-state index contributed by atoms with van der Waals surface area (Å²) in [6, 6.07) is 21.4. The molecule has 4 rings (SSSR count). The third kappa shape index (κ3) is 4.40. The van der Waals surface area contributed by atoms with E-state index < -0.39 is 5.97 Å². The number of hydrogen-bond donors (Lipinski definition) is 1. The highest BCUT2D eigenvalue weighted by Crippen LogP contribution is 2.37. The number of hydrogen-bond acceptors (Lipinski definition) is 5. The van der Waals surface area contributed by atoms with Crippen LogP contribution in [0, 0.1) is 6.92 Å². The van der Waals surface area contributed by atoms with Gasteiger partial charge in [0.1, 0.15) is 17.1 Å². The van der Waals surface area contributed by atoms with Crippen LogP contribution in [0.4, 0.5) is 0 Å². The molecule has 0 aliphatic carbocycles. The number of furan rings is 1. The van der Waals surface area contributed by atoms with Crippen molar-refractivity contribution in [2.75, 3.05) is 13.2 Å². The number of esters is 1. The number of carbonyl (C=O) groups excluding carboxylic acids is 1. The summed E-state index contributed by atoms with van der Waals surface area (Å²) in [6.45, 7) is 4.32. The monoisotopic (exact) mass is 416 g/mol. The van der Waals surface area contributed by atoms with Gasteiger partial charge < -0.3 is 19.0 Å². The first-order valence-corrected chi connectivity index (χ1v) is 10.3. The van der Waals surface area contributed by atoms with Crippen LogP contribution in [0.1, 0.15) is 28.6 Å². The molecular formula is C26H24O5. The first-order valence-electron chi connectivity index (χ1n) is 10.3. The highest BCUT2D eigenvalue weighted by molar-refractivity contribution is 5.99. The third-order valence-electron chi connectivity index (χ3n) is 5.16. The summed E-state index contributed by atoms with van der Waals surface area (Å²) in [4.78, 5) is 12.1. The molecular weight excluding hydrogens is 392 g/mol. The van der Waals surface area contributed by atoms with E-state index in [-0.39, 0.29) is 18.1 Å². The number of ether oxygens (including phenoxy) is 2. The lowest BCUT2D eigenvalue weighted by Gasteiger charge is -2.08. The molecule has 31 heavy (non-hydrogen) atoms. The van der Waals surface area contributed by atoms with Gasteiger partial charge in [-0.05, 0) is 54.8 Å². The summed E-state index contributed by atoms with van der Waals surface area (Å²) in [5.74, 6) is 0.427. The number of phenols is 1. The van der Waals surface area contributed by atoms with Crippen LogP contribution in [0.15, 0.2) is 71.1 Å². The molecule has 0 fully saturated rings. The number of benzene rings is 3. The van der Waals surface area contributed by atoms with E-state index >= 15 is 0 Å². The lowest BCUT2D eigenvalue weighted by molar-refractivity contribution is 0.0491. The number of fused-ring (bicyclic) bond motifs is 1. The third-order valence-corrected chi connectivity index (χ3v) is 5.16. The molecule has 0 atom stereocenters. The van der Waals surface area contributed by atoms with E-state index in [2.05, 4.69) is 12.1 Å². The van der Waals surface area contributed by atoms with E-state index in [1.54, 1.807) is 19.9 Å². The number of aryl methyl sites for hydroxylation is 1. The summed E-state index contributed by atoms with van der Waals surface area (Å²) in [7, 11) is 0. The first-order chi connectivity index (χ1) is 15.1. The van der Waals surface area contributed by atoms with Crippen LogP contribution in [0.5, 0.6) is 11.5 Å². The fraction of sp³-hybridized carbons (Fsp3) is 0.192. The van der Waals surface area contributed by atoms with E-state index in [9.17, 15) is 9.90 Å². The minimum atomic E-state index is -0.533. The molecule has 0 unspecified atom stereocenters. The lowest BCUT2D eigenvalue weighted by atomic mass is 10.0. The van der Waals surface area contributed by atoms with Gasteiger partial charge in [0.15, 0.2) is 0 Å². The topological polar surface area (TPSA) is 68.9 Å². The van der Waals surface area contributed by atoms with Crippen LogP contribution in [0.25, 0.3) is 22.1 Å². The highest BCUT2D eigenvalue weighted by atomic mass is 16.5. The molecule has 3 aromatic carbocycles. The average Bonchev–Trinajstić information content (AvgIpc) is 3.12. The van der Waals surface area contributed by atoms with Gasteiger partial charge in [-0.3, -0.25) is 0 Å². The average molecular weight is 416 g/mol. The second-order valence-electron chi connectivity index (χ2n) is 7.25. The largest absolute Gasteiger partial charge is 0.507 e. The smallest absolute Gasteiger partial charge is 0.374 e. The highest BCUT2D eigenvalue weighted by Gasteiger charge is 2.21. The fourth-order valence-corrected chi connectivity index (χ4v) is 3.59. The van der Waals surface area contributed by atoms with Crippen molar-refractivity contribution in [1.82, 2.24) is 0 Å². The minimum absolute atomic E-state index is 0.0625. The molecule has 1 aromatic heterocycles. The summed E-state index contributed by atoms with van der Waals surface area (Å²) >= 11 is 0. The molecule has 0 saturated carbocycles. The zero-order valence-electron chi connectivity index (χ0n) is 17.6. The molecule has 5 heteroatoms. The predicted molar refractivity (Wildman–Crippen MR) is 120 cm³/mol. The van der Waals surface area contributed by atoms with Crippen molar-refractivity contribution in [3.63, 3.8) is 0 Å².